The van der Waals surface area contributed by atoms with Crippen LogP contribution in [0.1, 0.15) is 78.7 Å². The Morgan fingerprint density at radius 2 is 1.80 bits per heavy atom. The molecule has 2 aromatic carbocycles. The van der Waals surface area contributed by atoms with E-state index in [0.29, 0.717) is 12.3 Å². The molecule has 5 atom stereocenters. The second-order valence-corrected chi connectivity index (χ2v) is 14.4. The second-order valence-electron chi connectivity index (χ2n) is 14.4. The normalized spacial score (nSPS) is 25.8. The maximum atomic E-state index is 14.6. The van der Waals surface area contributed by atoms with E-state index in [-0.39, 0.29) is 29.9 Å². The van der Waals surface area contributed by atoms with Gasteiger partial charge in [0.15, 0.2) is 0 Å². The first-order valence-corrected chi connectivity index (χ1v) is 18.5. The van der Waals surface area contributed by atoms with Gasteiger partial charge in [0.2, 0.25) is 5.91 Å². The number of benzene rings is 2. The van der Waals surface area contributed by atoms with Crippen LogP contribution in [0.3, 0.4) is 0 Å². The SMILES string of the molecule is C=CNC1=CC=C(c2cccc(C3=CCC(c4c(C)ccc5c4OC4C=CC=CC54)C(C)=C3)c2)CC1C(=O)N(C1=CCCC=C1)C1C=CC=CC1. The average molecular weight is 671 g/mol. The zero-order valence-corrected chi connectivity index (χ0v) is 29.6. The van der Waals surface area contributed by atoms with E-state index in [1.165, 1.54) is 33.4 Å². The van der Waals surface area contributed by atoms with Gasteiger partial charge in [-0.2, -0.15) is 0 Å². The molecular weight excluding hydrogens is 625 g/mol. The van der Waals surface area contributed by atoms with Gasteiger partial charge in [-0.25, -0.2) is 0 Å². The van der Waals surface area contributed by atoms with Crippen LogP contribution in [0.4, 0.5) is 0 Å². The third-order valence-electron chi connectivity index (χ3n) is 11.2. The van der Waals surface area contributed by atoms with E-state index in [4.69, 9.17) is 4.74 Å². The third-order valence-corrected chi connectivity index (χ3v) is 11.2. The zero-order valence-electron chi connectivity index (χ0n) is 29.6. The van der Waals surface area contributed by atoms with E-state index in [0.717, 1.165) is 54.0 Å². The smallest absolute Gasteiger partial charge is 0.236 e. The lowest BCUT2D eigenvalue weighted by Gasteiger charge is -2.36. The summed E-state index contributed by atoms with van der Waals surface area (Å²) in [6.07, 6.45) is 38.6. The summed E-state index contributed by atoms with van der Waals surface area (Å²) in [7, 11) is 0. The van der Waals surface area contributed by atoms with Gasteiger partial charge in [0, 0.05) is 34.4 Å². The predicted octanol–water partition coefficient (Wildman–Crippen LogP) is 10.5. The fourth-order valence-electron chi connectivity index (χ4n) is 8.53. The van der Waals surface area contributed by atoms with Crippen LogP contribution in [0.15, 0.2) is 157 Å². The molecule has 4 heteroatoms. The van der Waals surface area contributed by atoms with Crippen LogP contribution in [-0.4, -0.2) is 23.0 Å². The van der Waals surface area contributed by atoms with Crippen LogP contribution in [-0.2, 0) is 4.79 Å². The lowest BCUT2D eigenvalue weighted by Crippen LogP contribution is -2.44. The molecule has 1 N–H and O–H groups in total. The van der Waals surface area contributed by atoms with Crippen molar-refractivity contribution in [3.63, 3.8) is 0 Å². The molecule has 2 aromatic rings. The second kappa shape index (κ2) is 14.1. The lowest BCUT2D eigenvalue weighted by atomic mass is 9.79. The molecule has 0 bridgehead atoms. The number of hydrogen-bond acceptors (Lipinski definition) is 3. The van der Waals surface area contributed by atoms with Crippen molar-refractivity contribution in [1.29, 1.82) is 0 Å². The highest BCUT2D eigenvalue weighted by Crippen LogP contribution is 2.50. The van der Waals surface area contributed by atoms with Gasteiger partial charge in [0.25, 0.3) is 0 Å². The molecule has 4 nitrogen and oxygen atoms in total. The Bertz CT molecular complexity index is 2080. The number of amides is 1. The van der Waals surface area contributed by atoms with Crippen LogP contribution in [0.2, 0.25) is 0 Å². The van der Waals surface area contributed by atoms with E-state index >= 15 is 0 Å². The molecule has 5 aliphatic carbocycles. The largest absolute Gasteiger partial charge is 0.485 e. The number of carbonyl (C=O) groups excluding carboxylic acids is 1. The first-order chi connectivity index (χ1) is 25.0. The van der Waals surface area contributed by atoms with Crippen molar-refractivity contribution in [3.05, 3.63) is 185 Å². The van der Waals surface area contributed by atoms with Crippen molar-refractivity contribution < 1.29 is 9.53 Å². The molecule has 1 aliphatic heterocycles. The summed E-state index contributed by atoms with van der Waals surface area (Å²) in [5.74, 6) is 1.40. The van der Waals surface area contributed by atoms with Crippen LogP contribution in [0, 0.1) is 12.8 Å². The molecule has 0 saturated heterocycles. The van der Waals surface area contributed by atoms with Crippen LogP contribution in [0.5, 0.6) is 5.75 Å². The van der Waals surface area contributed by atoms with Gasteiger partial charge in [0.05, 0.1) is 12.0 Å². The molecule has 1 heterocycles. The molecule has 0 radical (unpaired) electrons. The standard InChI is InChI=1S/C47H46N2O2/c1-4-48-43-27-24-36(30-42(43)47(50)49(37-16-7-5-8-17-37)38-18-9-6-10-19-38)34-15-13-14-33(29-34)35-23-26-39(32(3)28-35)45-31(2)22-25-41-40-20-11-12-21-44(40)51-46(41)45/h4-5,7-9,11-16,18-25,27-29,37,39-40,42,44,48H,1,6,10,17,26,30H2,2-3H3. The Morgan fingerprint density at radius 3 is 2.61 bits per heavy atom. The minimum atomic E-state index is -0.355. The average Bonchev–Trinajstić information content (AvgIpc) is 3.55. The first kappa shape index (κ1) is 32.8. The number of hydrogen-bond donors (Lipinski definition) is 1. The fourth-order valence-corrected chi connectivity index (χ4v) is 8.53. The number of aryl methyl sites for hydroxylation is 1. The van der Waals surface area contributed by atoms with E-state index in [1.807, 2.05) is 4.90 Å². The summed E-state index contributed by atoms with van der Waals surface area (Å²) in [4.78, 5) is 16.7. The fraction of sp³-hybridized carbons (Fsp3) is 0.255. The van der Waals surface area contributed by atoms with Crippen molar-refractivity contribution >= 4 is 17.1 Å². The molecule has 5 unspecified atom stereocenters. The number of nitrogens with zero attached hydrogens (tertiary/aromatic N) is 1. The lowest BCUT2D eigenvalue weighted by molar-refractivity contribution is -0.133. The number of rotatable bonds is 8. The Hall–Kier alpha value is -5.35. The molecule has 8 rings (SSSR count). The Kier molecular flexibility index (Phi) is 9.08. The Morgan fingerprint density at radius 1 is 0.941 bits per heavy atom. The zero-order chi connectivity index (χ0) is 34.9. The van der Waals surface area contributed by atoms with Crippen LogP contribution < -0.4 is 10.1 Å². The van der Waals surface area contributed by atoms with Gasteiger partial charge in [0.1, 0.15) is 11.9 Å². The quantitative estimate of drug-likeness (QED) is 0.304. The highest BCUT2D eigenvalue weighted by Gasteiger charge is 2.37. The molecule has 0 fully saturated rings. The summed E-state index contributed by atoms with van der Waals surface area (Å²) in [5, 5.41) is 3.30. The van der Waals surface area contributed by atoms with Crippen molar-refractivity contribution in [2.75, 3.05) is 0 Å². The summed E-state index contributed by atoms with van der Waals surface area (Å²) >= 11 is 0. The predicted molar refractivity (Wildman–Crippen MR) is 210 cm³/mol. The molecule has 51 heavy (non-hydrogen) atoms. The first-order valence-electron chi connectivity index (χ1n) is 18.5. The maximum Gasteiger partial charge on any atom is 0.236 e. The van der Waals surface area contributed by atoms with Crippen LogP contribution >= 0.6 is 0 Å². The van der Waals surface area contributed by atoms with Gasteiger partial charge in [-0.3, -0.25) is 4.79 Å². The van der Waals surface area contributed by atoms with E-state index in [2.05, 4.69) is 153 Å². The minimum absolute atomic E-state index is 0.0126. The molecule has 6 aliphatic rings. The minimum Gasteiger partial charge on any atom is -0.485 e. The topological polar surface area (TPSA) is 41.6 Å². The van der Waals surface area contributed by atoms with Gasteiger partial charge < -0.3 is 15.0 Å². The van der Waals surface area contributed by atoms with Gasteiger partial charge in [-0.15, -0.1) is 0 Å². The Labute approximate surface area is 302 Å². The van der Waals surface area contributed by atoms with Crippen molar-refractivity contribution in [2.24, 2.45) is 5.92 Å². The third kappa shape index (κ3) is 6.29. The Balaban J connectivity index is 1.05. The highest BCUT2D eigenvalue weighted by molar-refractivity contribution is 5.88. The molecule has 0 aromatic heterocycles. The highest BCUT2D eigenvalue weighted by atomic mass is 16.5. The van der Waals surface area contributed by atoms with Crippen molar-refractivity contribution in [2.45, 2.75) is 69.9 Å². The summed E-state index contributed by atoms with van der Waals surface area (Å²) in [5.41, 5.74) is 11.9. The molecular formula is C47H46N2O2. The number of fused-ring (bicyclic) bond motifs is 3. The van der Waals surface area contributed by atoms with Crippen molar-refractivity contribution in [1.82, 2.24) is 10.2 Å². The maximum absolute atomic E-state index is 14.6. The number of carbonyl (C=O) groups is 1. The van der Waals surface area contributed by atoms with Gasteiger partial charge in [-0.1, -0.05) is 115 Å². The van der Waals surface area contributed by atoms with Crippen LogP contribution in [0.25, 0.3) is 11.1 Å². The molecule has 0 spiro atoms. The monoisotopic (exact) mass is 670 g/mol. The van der Waals surface area contributed by atoms with Crippen molar-refractivity contribution in [3.8, 4) is 5.75 Å². The number of allylic oxidation sites excluding steroid dienone is 14. The molecule has 1 amide bonds. The van der Waals surface area contributed by atoms with Gasteiger partial charge in [-0.05, 0) is 104 Å². The molecule has 0 saturated carbocycles. The number of ether oxygens (including phenoxy) is 1. The summed E-state index contributed by atoms with van der Waals surface area (Å²) in [6.45, 7) is 8.40. The number of nitrogens with one attached hydrogen (secondary N) is 1. The van der Waals surface area contributed by atoms with E-state index in [1.54, 1.807) is 6.20 Å². The summed E-state index contributed by atoms with van der Waals surface area (Å²) < 4.78 is 6.60. The van der Waals surface area contributed by atoms with E-state index in [9.17, 15) is 4.79 Å². The van der Waals surface area contributed by atoms with Gasteiger partial charge >= 0.3 is 0 Å². The van der Waals surface area contributed by atoms with E-state index < -0.39 is 0 Å². The summed E-state index contributed by atoms with van der Waals surface area (Å²) in [6, 6.07) is 13.3. The molecule has 256 valence electrons.